The fraction of sp³-hybridized carbons (Fsp3) is 0.118. The lowest BCUT2D eigenvalue weighted by Crippen LogP contribution is -2.25. The van der Waals surface area contributed by atoms with E-state index in [1.54, 1.807) is 43.3 Å². The summed E-state index contributed by atoms with van der Waals surface area (Å²) in [5.41, 5.74) is 4.46. The number of hydrogen-bond donors (Lipinski definition) is 3. The van der Waals surface area contributed by atoms with Crippen molar-refractivity contribution in [2.45, 2.75) is 6.92 Å². The fourth-order valence-electron chi connectivity index (χ4n) is 1.82. The highest BCUT2D eigenvalue weighted by molar-refractivity contribution is 6.00. The van der Waals surface area contributed by atoms with Gasteiger partial charge in [-0.05, 0) is 48.9 Å². The molecule has 2 aromatic carbocycles. The van der Waals surface area contributed by atoms with Crippen molar-refractivity contribution in [1.82, 2.24) is 5.43 Å². The first-order chi connectivity index (χ1) is 11.5. The molecule has 0 saturated heterocycles. The Morgan fingerprint density at radius 1 is 1.08 bits per heavy atom. The number of carbonyl (C=O) groups excluding carboxylic acids is 1. The van der Waals surface area contributed by atoms with Crippen LogP contribution in [0.1, 0.15) is 12.5 Å². The van der Waals surface area contributed by atoms with Crippen molar-refractivity contribution in [3.05, 3.63) is 60.2 Å². The molecule has 7 heteroatoms. The molecule has 0 aliphatic carbocycles. The quantitative estimate of drug-likeness (QED) is 0.561. The molecule has 0 fully saturated rings. The van der Waals surface area contributed by atoms with Gasteiger partial charge in [0.1, 0.15) is 5.75 Å². The Morgan fingerprint density at radius 2 is 1.75 bits per heavy atom. The zero-order valence-electron chi connectivity index (χ0n) is 13.0. The van der Waals surface area contributed by atoms with Gasteiger partial charge in [-0.15, -0.1) is 0 Å². The van der Waals surface area contributed by atoms with E-state index in [1.807, 2.05) is 18.2 Å². The molecular formula is C17H17N3O4. The highest BCUT2D eigenvalue weighted by Crippen LogP contribution is 2.12. The number of aliphatic carboxylic acids is 1. The Labute approximate surface area is 139 Å². The second-order valence-electron chi connectivity index (χ2n) is 4.84. The number of urea groups is 1. The molecule has 0 atom stereocenters. The van der Waals surface area contributed by atoms with E-state index in [0.29, 0.717) is 17.1 Å². The summed E-state index contributed by atoms with van der Waals surface area (Å²) in [5.74, 6) is -0.589. The van der Waals surface area contributed by atoms with Gasteiger partial charge in [-0.2, -0.15) is 5.10 Å². The van der Waals surface area contributed by atoms with E-state index < -0.39 is 18.6 Å². The first-order valence-corrected chi connectivity index (χ1v) is 7.16. The van der Waals surface area contributed by atoms with E-state index in [4.69, 9.17) is 9.84 Å². The van der Waals surface area contributed by atoms with Crippen molar-refractivity contribution in [2.24, 2.45) is 5.10 Å². The summed E-state index contributed by atoms with van der Waals surface area (Å²) >= 11 is 0. The smallest absolute Gasteiger partial charge is 0.341 e. The molecule has 0 aliphatic heterocycles. The van der Waals surface area contributed by atoms with E-state index in [0.717, 1.165) is 5.56 Å². The van der Waals surface area contributed by atoms with Gasteiger partial charge < -0.3 is 15.2 Å². The summed E-state index contributed by atoms with van der Waals surface area (Å²) < 4.78 is 5.05. The van der Waals surface area contributed by atoms with E-state index in [-0.39, 0.29) is 0 Å². The second kappa shape index (κ2) is 8.33. The van der Waals surface area contributed by atoms with Gasteiger partial charge in [0.2, 0.25) is 0 Å². The lowest BCUT2D eigenvalue weighted by molar-refractivity contribution is -0.139. The summed E-state index contributed by atoms with van der Waals surface area (Å²) in [4.78, 5) is 22.2. The van der Waals surface area contributed by atoms with E-state index in [1.165, 1.54) is 0 Å². The van der Waals surface area contributed by atoms with Crippen LogP contribution in [0.25, 0.3) is 0 Å². The molecular weight excluding hydrogens is 310 g/mol. The summed E-state index contributed by atoms with van der Waals surface area (Å²) in [7, 11) is 0. The van der Waals surface area contributed by atoms with Crippen molar-refractivity contribution in [1.29, 1.82) is 0 Å². The molecule has 0 saturated carbocycles. The number of carboxylic acids is 1. The SMILES string of the molecule is C/C(=N/NC(=O)Nc1ccccc1)c1ccc(OCC(=O)O)cc1. The summed E-state index contributed by atoms with van der Waals surface area (Å²) in [5, 5.41) is 15.2. The molecule has 24 heavy (non-hydrogen) atoms. The largest absolute Gasteiger partial charge is 0.482 e. The van der Waals surface area contributed by atoms with Gasteiger partial charge in [-0.3, -0.25) is 0 Å². The summed E-state index contributed by atoms with van der Waals surface area (Å²) in [6.07, 6.45) is 0. The number of anilines is 1. The summed E-state index contributed by atoms with van der Waals surface area (Å²) in [6, 6.07) is 15.3. The number of benzene rings is 2. The van der Waals surface area contributed by atoms with Crippen LogP contribution in [-0.2, 0) is 4.79 Å². The van der Waals surface area contributed by atoms with Crippen LogP contribution >= 0.6 is 0 Å². The molecule has 0 heterocycles. The van der Waals surface area contributed by atoms with Gasteiger partial charge in [0.15, 0.2) is 6.61 Å². The van der Waals surface area contributed by atoms with Crippen LogP contribution in [0.15, 0.2) is 59.7 Å². The molecule has 2 aromatic rings. The first-order valence-electron chi connectivity index (χ1n) is 7.16. The van der Waals surface area contributed by atoms with Crippen LogP contribution in [0.2, 0.25) is 0 Å². The van der Waals surface area contributed by atoms with Crippen molar-refractivity contribution < 1.29 is 19.4 Å². The molecule has 3 N–H and O–H groups in total. The number of carbonyl (C=O) groups is 2. The summed E-state index contributed by atoms with van der Waals surface area (Å²) in [6.45, 7) is 1.35. The average molecular weight is 327 g/mol. The van der Waals surface area contributed by atoms with Gasteiger partial charge in [0, 0.05) is 5.69 Å². The molecule has 0 unspecified atom stereocenters. The molecule has 2 rings (SSSR count). The number of nitrogens with zero attached hydrogens (tertiary/aromatic N) is 1. The van der Waals surface area contributed by atoms with Crippen LogP contribution in [-0.4, -0.2) is 29.4 Å². The number of rotatable bonds is 6. The molecule has 0 aliphatic rings. The molecule has 0 spiro atoms. The third-order valence-electron chi connectivity index (χ3n) is 2.99. The predicted molar refractivity (Wildman–Crippen MR) is 90.4 cm³/mol. The number of ether oxygens (including phenoxy) is 1. The zero-order valence-corrected chi connectivity index (χ0v) is 13.0. The van der Waals surface area contributed by atoms with Crippen LogP contribution in [0.3, 0.4) is 0 Å². The molecule has 0 radical (unpaired) electrons. The van der Waals surface area contributed by atoms with Crippen LogP contribution in [0.4, 0.5) is 10.5 Å². The number of hydrazone groups is 1. The zero-order chi connectivity index (χ0) is 17.4. The van der Waals surface area contributed by atoms with Gasteiger partial charge in [0.25, 0.3) is 0 Å². The minimum atomic E-state index is -1.04. The maximum absolute atomic E-state index is 11.7. The Kier molecular flexibility index (Phi) is 5.90. The van der Waals surface area contributed by atoms with E-state index in [9.17, 15) is 9.59 Å². The van der Waals surface area contributed by atoms with Gasteiger partial charge in [0.05, 0.1) is 5.71 Å². The van der Waals surface area contributed by atoms with Crippen molar-refractivity contribution in [2.75, 3.05) is 11.9 Å². The maximum Gasteiger partial charge on any atom is 0.341 e. The van der Waals surface area contributed by atoms with Crippen LogP contribution in [0.5, 0.6) is 5.75 Å². The Bertz CT molecular complexity index is 727. The van der Waals surface area contributed by atoms with Crippen LogP contribution in [0, 0.1) is 0 Å². The lowest BCUT2D eigenvalue weighted by Gasteiger charge is -2.06. The number of para-hydroxylation sites is 1. The Morgan fingerprint density at radius 3 is 2.38 bits per heavy atom. The normalized spacial score (nSPS) is 10.8. The van der Waals surface area contributed by atoms with Gasteiger partial charge in [-0.1, -0.05) is 18.2 Å². The number of nitrogens with one attached hydrogen (secondary N) is 2. The van der Waals surface area contributed by atoms with E-state index >= 15 is 0 Å². The topological polar surface area (TPSA) is 100 Å². The number of amides is 2. The molecule has 0 aromatic heterocycles. The third kappa shape index (κ3) is 5.45. The molecule has 0 bridgehead atoms. The highest BCUT2D eigenvalue weighted by Gasteiger charge is 2.03. The van der Waals surface area contributed by atoms with Crippen molar-refractivity contribution >= 4 is 23.4 Å². The monoisotopic (exact) mass is 327 g/mol. The Balaban J connectivity index is 1.90. The highest BCUT2D eigenvalue weighted by atomic mass is 16.5. The minimum absolute atomic E-state index is 0.395. The molecule has 2 amide bonds. The van der Waals surface area contributed by atoms with Crippen molar-refractivity contribution in [3.8, 4) is 5.75 Å². The maximum atomic E-state index is 11.7. The van der Waals surface area contributed by atoms with E-state index in [2.05, 4.69) is 15.8 Å². The average Bonchev–Trinajstić information content (AvgIpc) is 2.59. The molecule has 7 nitrogen and oxygen atoms in total. The second-order valence-corrected chi connectivity index (χ2v) is 4.84. The minimum Gasteiger partial charge on any atom is -0.482 e. The fourth-order valence-corrected chi connectivity index (χ4v) is 1.82. The predicted octanol–water partition coefficient (Wildman–Crippen LogP) is 2.70. The number of carboxylic acid groups (broad SMARTS) is 1. The van der Waals surface area contributed by atoms with Gasteiger partial charge >= 0.3 is 12.0 Å². The Hall–Kier alpha value is -3.35. The van der Waals surface area contributed by atoms with Crippen molar-refractivity contribution in [3.63, 3.8) is 0 Å². The number of hydrogen-bond acceptors (Lipinski definition) is 4. The lowest BCUT2D eigenvalue weighted by atomic mass is 10.1. The molecule has 124 valence electrons. The van der Waals surface area contributed by atoms with Gasteiger partial charge in [-0.25, -0.2) is 15.0 Å². The van der Waals surface area contributed by atoms with Crippen LogP contribution < -0.4 is 15.5 Å². The third-order valence-corrected chi connectivity index (χ3v) is 2.99. The standard InChI is InChI=1S/C17H17N3O4/c1-12(13-7-9-15(10-8-13)24-11-16(21)22)19-20-17(23)18-14-5-3-2-4-6-14/h2-10H,11H2,1H3,(H,21,22)(H2,18,20,23)/b19-12-. The first kappa shape index (κ1) is 17.0.